The van der Waals surface area contributed by atoms with Crippen LogP contribution in [0.5, 0.6) is 5.75 Å². The molecular formula is C12H13ClN2OS. The van der Waals surface area contributed by atoms with Crippen molar-refractivity contribution in [1.29, 1.82) is 0 Å². The molecule has 0 aliphatic carbocycles. The molecule has 1 aromatic carbocycles. The fourth-order valence-electron chi connectivity index (χ4n) is 1.49. The highest BCUT2D eigenvalue weighted by Gasteiger charge is 2.03. The molecule has 3 nitrogen and oxygen atoms in total. The van der Waals surface area contributed by atoms with Crippen LogP contribution in [0, 0.1) is 0 Å². The monoisotopic (exact) mass is 268 g/mol. The van der Waals surface area contributed by atoms with E-state index in [-0.39, 0.29) is 0 Å². The van der Waals surface area contributed by atoms with E-state index in [9.17, 15) is 0 Å². The molecule has 0 aliphatic heterocycles. The molecule has 0 fully saturated rings. The van der Waals surface area contributed by atoms with E-state index in [2.05, 4.69) is 22.3 Å². The van der Waals surface area contributed by atoms with E-state index < -0.39 is 0 Å². The lowest BCUT2D eigenvalue weighted by Gasteiger charge is -2.01. The first-order valence-corrected chi connectivity index (χ1v) is 6.67. The molecule has 0 radical (unpaired) electrons. The summed E-state index contributed by atoms with van der Waals surface area (Å²) in [5.41, 5.74) is 1.27. The minimum absolute atomic E-state index is 0.445. The summed E-state index contributed by atoms with van der Waals surface area (Å²) in [4.78, 5) is 0. The third-order valence-electron chi connectivity index (χ3n) is 2.41. The van der Waals surface area contributed by atoms with Gasteiger partial charge >= 0.3 is 0 Å². The van der Waals surface area contributed by atoms with Gasteiger partial charge in [0.2, 0.25) is 0 Å². The van der Waals surface area contributed by atoms with Crippen LogP contribution in [0.15, 0.2) is 24.3 Å². The van der Waals surface area contributed by atoms with Gasteiger partial charge in [-0.15, -0.1) is 33.1 Å². The number of aryl methyl sites for hydroxylation is 2. The fourth-order valence-corrected chi connectivity index (χ4v) is 2.40. The summed E-state index contributed by atoms with van der Waals surface area (Å²) in [5.74, 6) is 1.33. The molecule has 0 unspecified atom stereocenters. The minimum Gasteiger partial charge on any atom is -0.497 e. The number of methoxy groups -OCH3 is 1. The van der Waals surface area contributed by atoms with E-state index in [1.54, 1.807) is 18.4 Å². The molecular weight excluding hydrogens is 256 g/mol. The van der Waals surface area contributed by atoms with E-state index in [0.717, 1.165) is 28.6 Å². The van der Waals surface area contributed by atoms with Crippen molar-refractivity contribution in [3.63, 3.8) is 0 Å². The third-order valence-corrected chi connectivity index (χ3v) is 3.80. The van der Waals surface area contributed by atoms with Crippen LogP contribution in [0.4, 0.5) is 0 Å². The van der Waals surface area contributed by atoms with Gasteiger partial charge in [0.05, 0.1) is 13.0 Å². The molecule has 17 heavy (non-hydrogen) atoms. The predicted octanol–water partition coefficient (Wildman–Crippen LogP) is 3.07. The van der Waals surface area contributed by atoms with E-state index in [1.807, 2.05) is 12.1 Å². The summed E-state index contributed by atoms with van der Waals surface area (Å²) in [5, 5.41) is 10.0. The highest BCUT2D eigenvalue weighted by Crippen LogP contribution is 2.16. The first kappa shape index (κ1) is 12.3. The van der Waals surface area contributed by atoms with Gasteiger partial charge in [-0.25, -0.2) is 0 Å². The predicted molar refractivity (Wildman–Crippen MR) is 69.9 cm³/mol. The average Bonchev–Trinajstić information content (AvgIpc) is 2.85. The number of nitrogens with zero attached hydrogens (tertiary/aromatic N) is 2. The molecule has 0 saturated heterocycles. The Morgan fingerprint density at radius 3 is 2.41 bits per heavy atom. The Morgan fingerprint density at radius 2 is 1.82 bits per heavy atom. The summed E-state index contributed by atoms with van der Waals surface area (Å²) in [7, 11) is 1.67. The van der Waals surface area contributed by atoms with Crippen molar-refractivity contribution >= 4 is 22.9 Å². The maximum absolute atomic E-state index is 5.68. The number of rotatable bonds is 5. The van der Waals surface area contributed by atoms with Gasteiger partial charge < -0.3 is 4.74 Å². The van der Waals surface area contributed by atoms with Gasteiger partial charge in [-0.2, -0.15) is 0 Å². The molecule has 0 N–H and O–H groups in total. The van der Waals surface area contributed by atoms with Crippen LogP contribution < -0.4 is 4.74 Å². The van der Waals surface area contributed by atoms with Crippen LogP contribution in [0.25, 0.3) is 0 Å². The standard InChI is InChI=1S/C12H13ClN2OS/c1-16-10-5-2-9(3-6-10)4-7-11-14-15-12(8-13)17-11/h2-3,5-6H,4,7-8H2,1H3. The van der Waals surface area contributed by atoms with Gasteiger partial charge in [0.25, 0.3) is 0 Å². The van der Waals surface area contributed by atoms with E-state index in [4.69, 9.17) is 16.3 Å². The summed E-state index contributed by atoms with van der Waals surface area (Å²) in [6, 6.07) is 8.09. The van der Waals surface area contributed by atoms with Crippen LogP contribution >= 0.6 is 22.9 Å². The Labute approximate surface area is 109 Å². The van der Waals surface area contributed by atoms with Crippen LogP contribution in [0.2, 0.25) is 0 Å². The number of halogens is 1. The molecule has 0 atom stereocenters. The lowest BCUT2D eigenvalue weighted by molar-refractivity contribution is 0.414. The minimum atomic E-state index is 0.445. The number of ether oxygens (including phenoxy) is 1. The second kappa shape index (κ2) is 5.98. The first-order valence-electron chi connectivity index (χ1n) is 5.32. The van der Waals surface area contributed by atoms with Gasteiger partial charge in [0.1, 0.15) is 15.8 Å². The molecule has 0 aliphatic rings. The van der Waals surface area contributed by atoms with Crippen molar-refractivity contribution in [2.75, 3.05) is 7.11 Å². The molecule has 1 heterocycles. The highest BCUT2D eigenvalue weighted by molar-refractivity contribution is 7.11. The Balaban J connectivity index is 1.92. The maximum Gasteiger partial charge on any atom is 0.132 e. The van der Waals surface area contributed by atoms with Crippen molar-refractivity contribution in [2.24, 2.45) is 0 Å². The average molecular weight is 269 g/mol. The molecule has 2 aromatic rings. The quantitative estimate of drug-likeness (QED) is 0.782. The zero-order valence-electron chi connectivity index (χ0n) is 9.52. The summed E-state index contributed by atoms with van der Waals surface area (Å²) >= 11 is 7.27. The number of alkyl halides is 1. The largest absolute Gasteiger partial charge is 0.497 e. The van der Waals surface area contributed by atoms with Crippen molar-refractivity contribution in [3.05, 3.63) is 39.8 Å². The number of hydrogen-bond donors (Lipinski definition) is 0. The second-order valence-electron chi connectivity index (χ2n) is 3.57. The molecule has 5 heteroatoms. The molecule has 1 aromatic heterocycles. The van der Waals surface area contributed by atoms with Crippen LogP contribution in [0.1, 0.15) is 15.6 Å². The Morgan fingerprint density at radius 1 is 1.12 bits per heavy atom. The Kier molecular flexibility index (Phi) is 4.34. The summed E-state index contributed by atoms with van der Waals surface area (Å²) in [6.07, 6.45) is 1.86. The summed E-state index contributed by atoms with van der Waals surface area (Å²) < 4.78 is 5.11. The van der Waals surface area contributed by atoms with Gasteiger partial charge in [-0.1, -0.05) is 12.1 Å². The van der Waals surface area contributed by atoms with E-state index in [1.165, 1.54) is 5.56 Å². The number of aromatic nitrogens is 2. The smallest absolute Gasteiger partial charge is 0.132 e. The lowest BCUT2D eigenvalue weighted by atomic mass is 10.1. The zero-order valence-corrected chi connectivity index (χ0v) is 11.1. The Hall–Kier alpha value is -1.13. The highest BCUT2D eigenvalue weighted by atomic mass is 35.5. The van der Waals surface area contributed by atoms with Crippen LogP contribution in [-0.2, 0) is 18.7 Å². The fraction of sp³-hybridized carbons (Fsp3) is 0.333. The van der Waals surface area contributed by atoms with Crippen molar-refractivity contribution < 1.29 is 4.74 Å². The van der Waals surface area contributed by atoms with Crippen LogP contribution in [0.3, 0.4) is 0 Å². The van der Waals surface area contributed by atoms with Gasteiger partial charge in [0.15, 0.2) is 0 Å². The molecule has 0 saturated carbocycles. The maximum atomic E-state index is 5.68. The van der Waals surface area contributed by atoms with E-state index in [0.29, 0.717) is 5.88 Å². The summed E-state index contributed by atoms with van der Waals surface area (Å²) in [6.45, 7) is 0. The van der Waals surface area contributed by atoms with Crippen molar-refractivity contribution in [1.82, 2.24) is 10.2 Å². The number of benzene rings is 1. The van der Waals surface area contributed by atoms with Crippen molar-refractivity contribution in [3.8, 4) is 5.75 Å². The van der Waals surface area contributed by atoms with Crippen LogP contribution in [-0.4, -0.2) is 17.3 Å². The Bertz CT molecular complexity index is 470. The van der Waals surface area contributed by atoms with Gasteiger partial charge in [0, 0.05) is 6.42 Å². The number of hydrogen-bond acceptors (Lipinski definition) is 4. The lowest BCUT2D eigenvalue weighted by Crippen LogP contribution is -1.91. The first-order chi connectivity index (χ1) is 8.31. The zero-order chi connectivity index (χ0) is 12.1. The SMILES string of the molecule is COc1ccc(CCc2nnc(CCl)s2)cc1. The molecule has 0 amide bonds. The molecule has 2 rings (SSSR count). The third kappa shape index (κ3) is 3.41. The molecule has 0 spiro atoms. The molecule has 90 valence electrons. The van der Waals surface area contributed by atoms with Gasteiger partial charge in [-0.3, -0.25) is 0 Å². The van der Waals surface area contributed by atoms with E-state index >= 15 is 0 Å². The second-order valence-corrected chi connectivity index (χ2v) is 4.99. The molecule has 0 bridgehead atoms. The topological polar surface area (TPSA) is 35.0 Å². The van der Waals surface area contributed by atoms with Gasteiger partial charge in [-0.05, 0) is 24.1 Å². The van der Waals surface area contributed by atoms with Crippen molar-refractivity contribution in [2.45, 2.75) is 18.7 Å². The normalized spacial score (nSPS) is 10.5.